The van der Waals surface area contributed by atoms with Gasteiger partial charge in [-0.15, -0.1) is 0 Å². The summed E-state index contributed by atoms with van der Waals surface area (Å²) in [7, 11) is 0. The lowest BCUT2D eigenvalue weighted by molar-refractivity contribution is -0.122. The van der Waals surface area contributed by atoms with Gasteiger partial charge in [0.05, 0.1) is 10.2 Å². The Morgan fingerprint density at radius 3 is 2.64 bits per heavy atom. The molecule has 2 aliphatic rings. The molecule has 0 spiro atoms. The van der Waals surface area contributed by atoms with E-state index in [9.17, 15) is 14.0 Å². The SMILES string of the molecule is O=C1NC(=S)N(c2ccccc2F)C(=O)/C1=C/c1cc(Br)c(N2CCCC2)o1. The smallest absolute Gasteiger partial charge is 0.270 e. The highest BCUT2D eigenvalue weighted by Crippen LogP contribution is 2.34. The molecule has 2 amide bonds. The molecule has 2 saturated heterocycles. The Morgan fingerprint density at radius 1 is 1.21 bits per heavy atom. The number of thiocarbonyl (C=S) groups is 1. The van der Waals surface area contributed by atoms with Crippen LogP contribution in [0.3, 0.4) is 0 Å². The molecule has 1 N–H and O–H groups in total. The average molecular weight is 464 g/mol. The van der Waals surface area contributed by atoms with E-state index >= 15 is 0 Å². The fourth-order valence-corrected chi connectivity index (χ4v) is 4.07. The second-order valence-corrected chi connectivity index (χ2v) is 7.65. The average Bonchev–Trinajstić information content (AvgIpc) is 3.29. The van der Waals surface area contributed by atoms with Gasteiger partial charge in [-0.05, 0) is 59.2 Å². The van der Waals surface area contributed by atoms with Crippen LogP contribution in [0.2, 0.25) is 0 Å². The third-order valence-corrected chi connectivity index (χ3v) is 5.42. The second-order valence-electron chi connectivity index (χ2n) is 6.41. The van der Waals surface area contributed by atoms with E-state index in [1.165, 1.54) is 24.3 Å². The van der Waals surface area contributed by atoms with Gasteiger partial charge in [-0.2, -0.15) is 0 Å². The van der Waals surface area contributed by atoms with E-state index in [1.54, 1.807) is 12.1 Å². The highest BCUT2D eigenvalue weighted by molar-refractivity contribution is 9.10. The third-order valence-electron chi connectivity index (χ3n) is 4.56. The standard InChI is InChI=1S/C19H15BrFN3O3S/c20-13-10-11(27-18(13)23-7-3-4-8-23)9-12-16(25)22-19(28)24(17(12)26)15-6-2-1-5-14(15)21/h1-2,5-6,9-10H,3-4,7-8H2,(H,22,25,28)/b12-9+. The van der Waals surface area contributed by atoms with E-state index in [-0.39, 0.29) is 16.4 Å². The highest BCUT2D eigenvalue weighted by atomic mass is 79.9. The van der Waals surface area contributed by atoms with Crippen LogP contribution < -0.4 is 15.1 Å². The molecule has 0 aliphatic carbocycles. The lowest BCUT2D eigenvalue weighted by atomic mass is 10.1. The van der Waals surface area contributed by atoms with Crippen molar-refractivity contribution in [1.29, 1.82) is 0 Å². The van der Waals surface area contributed by atoms with Gasteiger partial charge in [0.2, 0.25) is 5.88 Å². The zero-order valence-electron chi connectivity index (χ0n) is 14.6. The van der Waals surface area contributed by atoms with Crippen molar-refractivity contribution in [3.63, 3.8) is 0 Å². The van der Waals surface area contributed by atoms with Gasteiger partial charge in [0, 0.05) is 19.2 Å². The molecule has 4 rings (SSSR count). The summed E-state index contributed by atoms with van der Waals surface area (Å²) in [6, 6.07) is 7.42. The number of anilines is 2. The molecule has 9 heteroatoms. The number of hydrogen-bond donors (Lipinski definition) is 1. The fraction of sp³-hybridized carbons (Fsp3) is 0.211. The van der Waals surface area contributed by atoms with Gasteiger partial charge in [0.1, 0.15) is 17.2 Å². The van der Waals surface area contributed by atoms with Crippen LogP contribution in [-0.4, -0.2) is 30.0 Å². The maximum Gasteiger partial charge on any atom is 0.270 e. The van der Waals surface area contributed by atoms with Crippen LogP contribution in [0.4, 0.5) is 16.0 Å². The number of para-hydroxylation sites is 1. The predicted octanol–water partition coefficient (Wildman–Crippen LogP) is 3.61. The number of amides is 2. The van der Waals surface area contributed by atoms with Gasteiger partial charge in [-0.3, -0.25) is 14.9 Å². The number of rotatable bonds is 3. The molecule has 3 heterocycles. The van der Waals surface area contributed by atoms with Crippen molar-refractivity contribution < 1.29 is 18.4 Å². The lowest BCUT2D eigenvalue weighted by Gasteiger charge is -2.28. The molecule has 2 fully saturated rings. The van der Waals surface area contributed by atoms with E-state index in [0.29, 0.717) is 11.6 Å². The molecule has 0 unspecified atom stereocenters. The van der Waals surface area contributed by atoms with Crippen LogP contribution in [0, 0.1) is 5.82 Å². The minimum atomic E-state index is -0.714. The zero-order valence-corrected chi connectivity index (χ0v) is 17.0. The molecule has 1 aromatic carbocycles. The first-order valence-electron chi connectivity index (χ1n) is 8.66. The van der Waals surface area contributed by atoms with Crippen LogP contribution in [0.25, 0.3) is 6.08 Å². The monoisotopic (exact) mass is 463 g/mol. The van der Waals surface area contributed by atoms with E-state index < -0.39 is 17.6 Å². The minimum absolute atomic E-state index is 0.0261. The van der Waals surface area contributed by atoms with Crippen molar-refractivity contribution >= 4 is 62.7 Å². The first-order valence-corrected chi connectivity index (χ1v) is 9.86. The summed E-state index contributed by atoms with van der Waals surface area (Å²) in [6.07, 6.45) is 3.51. The summed E-state index contributed by atoms with van der Waals surface area (Å²) in [5.74, 6) is -0.985. The molecule has 0 saturated carbocycles. The number of hydrogen-bond acceptors (Lipinski definition) is 5. The number of halogens is 2. The minimum Gasteiger partial charge on any atom is -0.440 e. The molecule has 144 valence electrons. The molecular formula is C19H15BrFN3O3S. The van der Waals surface area contributed by atoms with Gasteiger partial charge < -0.3 is 9.32 Å². The van der Waals surface area contributed by atoms with Crippen molar-refractivity contribution in [2.24, 2.45) is 0 Å². The van der Waals surface area contributed by atoms with Crippen molar-refractivity contribution in [3.8, 4) is 0 Å². The molecule has 0 bridgehead atoms. The molecule has 0 atom stereocenters. The normalized spacial score (nSPS) is 18.9. The Labute approximate surface area is 174 Å². The van der Waals surface area contributed by atoms with Crippen molar-refractivity contribution in [2.75, 3.05) is 22.9 Å². The van der Waals surface area contributed by atoms with Crippen LogP contribution in [0.5, 0.6) is 0 Å². The summed E-state index contributed by atoms with van der Waals surface area (Å²) in [4.78, 5) is 28.3. The topological polar surface area (TPSA) is 65.8 Å². The van der Waals surface area contributed by atoms with Crippen molar-refractivity contribution in [1.82, 2.24) is 5.32 Å². The zero-order chi connectivity index (χ0) is 19.8. The Kier molecular flexibility index (Phi) is 5.03. The molecule has 1 aromatic heterocycles. The number of nitrogens with one attached hydrogen (secondary N) is 1. The highest BCUT2D eigenvalue weighted by Gasteiger charge is 2.36. The number of benzene rings is 1. The summed E-state index contributed by atoms with van der Waals surface area (Å²) < 4.78 is 20.8. The molecule has 6 nitrogen and oxygen atoms in total. The van der Waals surface area contributed by atoms with Crippen LogP contribution in [-0.2, 0) is 9.59 Å². The second kappa shape index (κ2) is 7.48. The molecule has 28 heavy (non-hydrogen) atoms. The molecule has 2 aromatic rings. The first kappa shape index (κ1) is 18.8. The van der Waals surface area contributed by atoms with Crippen molar-refractivity contribution in [2.45, 2.75) is 12.8 Å². The number of nitrogens with zero attached hydrogens (tertiary/aromatic N) is 2. The number of carbonyl (C=O) groups is 2. The summed E-state index contributed by atoms with van der Waals surface area (Å²) in [5, 5.41) is 2.26. The van der Waals surface area contributed by atoms with E-state index in [1.807, 2.05) is 0 Å². The van der Waals surface area contributed by atoms with Crippen molar-refractivity contribution in [3.05, 3.63) is 52.0 Å². The Balaban J connectivity index is 1.69. The molecule has 0 radical (unpaired) electrons. The van der Waals surface area contributed by atoms with Gasteiger partial charge in [-0.1, -0.05) is 12.1 Å². The summed E-state index contributed by atoms with van der Waals surface area (Å²) >= 11 is 8.54. The van der Waals surface area contributed by atoms with Crippen LogP contribution >= 0.6 is 28.1 Å². The summed E-state index contributed by atoms with van der Waals surface area (Å²) in [6.45, 7) is 1.77. The van der Waals surface area contributed by atoms with Crippen LogP contribution in [0.1, 0.15) is 18.6 Å². The molecular weight excluding hydrogens is 449 g/mol. The number of furan rings is 1. The van der Waals surface area contributed by atoms with E-state index in [0.717, 1.165) is 35.3 Å². The fourth-order valence-electron chi connectivity index (χ4n) is 3.24. The van der Waals surface area contributed by atoms with Gasteiger partial charge in [0.15, 0.2) is 5.11 Å². The third kappa shape index (κ3) is 3.35. The number of carbonyl (C=O) groups excluding carboxylic acids is 2. The predicted molar refractivity (Wildman–Crippen MR) is 110 cm³/mol. The quantitative estimate of drug-likeness (QED) is 0.427. The molecule has 2 aliphatic heterocycles. The van der Waals surface area contributed by atoms with Crippen LogP contribution in [0.15, 0.2) is 44.8 Å². The largest absolute Gasteiger partial charge is 0.440 e. The van der Waals surface area contributed by atoms with E-state index in [4.69, 9.17) is 16.6 Å². The van der Waals surface area contributed by atoms with Gasteiger partial charge in [0.25, 0.3) is 11.8 Å². The van der Waals surface area contributed by atoms with E-state index in [2.05, 4.69) is 26.1 Å². The maximum atomic E-state index is 14.2. The van der Waals surface area contributed by atoms with Gasteiger partial charge in [-0.25, -0.2) is 9.29 Å². The maximum absolute atomic E-state index is 14.2. The first-order chi connectivity index (χ1) is 13.5. The summed E-state index contributed by atoms with van der Waals surface area (Å²) in [5.41, 5.74) is -0.215. The Morgan fingerprint density at radius 2 is 1.93 bits per heavy atom. The lowest BCUT2D eigenvalue weighted by Crippen LogP contribution is -2.54. The Hall–Kier alpha value is -2.52. The van der Waals surface area contributed by atoms with Gasteiger partial charge >= 0.3 is 0 Å². The Bertz CT molecular complexity index is 1010.